The van der Waals surface area contributed by atoms with Gasteiger partial charge in [0.1, 0.15) is 5.82 Å². The summed E-state index contributed by atoms with van der Waals surface area (Å²) in [5, 5.41) is 3.66. The number of carbonyl (C=O) groups is 1. The van der Waals surface area contributed by atoms with E-state index in [1.807, 2.05) is 6.92 Å². The van der Waals surface area contributed by atoms with Crippen molar-refractivity contribution in [1.29, 1.82) is 0 Å². The Morgan fingerprint density at radius 2 is 2.24 bits per heavy atom. The monoisotopic (exact) mass is 299 g/mol. The Hall–Kier alpha value is -0.900. The molecular weight excluding hydrogens is 285 g/mol. The third-order valence-corrected chi connectivity index (χ3v) is 4.39. The highest BCUT2D eigenvalue weighted by Crippen LogP contribution is 2.33. The van der Waals surface area contributed by atoms with E-state index in [9.17, 15) is 9.18 Å². The van der Waals surface area contributed by atoms with Crippen LogP contribution in [-0.4, -0.2) is 16.8 Å². The van der Waals surface area contributed by atoms with E-state index >= 15 is 0 Å². The van der Waals surface area contributed by atoms with Crippen LogP contribution in [0.5, 0.6) is 0 Å². The number of nitrogens with one attached hydrogen (secondary N) is 1. The largest absolute Gasteiger partial charge is 0.346 e. The predicted molar refractivity (Wildman–Crippen MR) is 69.0 cm³/mol. The number of rotatable bonds is 3. The number of amides is 1. The summed E-state index contributed by atoms with van der Waals surface area (Å²) in [5.74, 6) is -0.775. The van der Waals surface area contributed by atoms with Crippen LogP contribution >= 0.6 is 15.9 Å². The average Bonchev–Trinajstić information content (AvgIpc) is 2.26. The quantitative estimate of drug-likeness (QED) is 0.854. The number of hydrogen-bond acceptors (Lipinski definition) is 1. The molecule has 1 aromatic carbocycles. The van der Waals surface area contributed by atoms with E-state index < -0.39 is 5.82 Å². The van der Waals surface area contributed by atoms with Crippen LogP contribution in [0, 0.1) is 12.7 Å². The molecule has 0 bridgehead atoms. The molecule has 1 fully saturated rings. The molecule has 0 radical (unpaired) electrons. The molecule has 1 N–H and O–H groups in total. The SMILES string of the molecule is Cc1ccc(F)c(C(=O)NC2(CBr)CCC2)c1. The molecule has 1 aliphatic carbocycles. The summed E-state index contributed by atoms with van der Waals surface area (Å²) in [7, 11) is 0. The first-order valence-corrected chi connectivity index (χ1v) is 6.83. The zero-order chi connectivity index (χ0) is 12.5. The van der Waals surface area contributed by atoms with Crippen molar-refractivity contribution in [2.24, 2.45) is 0 Å². The van der Waals surface area contributed by atoms with E-state index in [1.54, 1.807) is 12.1 Å². The molecular formula is C13H15BrFNO. The minimum Gasteiger partial charge on any atom is -0.346 e. The number of alkyl halides is 1. The highest BCUT2D eigenvalue weighted by Gasteiger charge is 2.37. The first-order valence-electron chi connectivity index (χ1n) is 5.71. The van der Waals surface area contributed by atoms with Crippen LogP contribution in [0.2, 0.25) is 0 Å². The normalized spacial score (nSPS) is 17.4. The van der Waals surface area contributed by atoms with Crippen molar-refractivity contribution in [2.75, 3.05) is 5.33 Å². The van der Waals surface area contributed by atoms with Gasteiger partial charge < -0.3 is 5.32 Å². The van der Waals surface area contributed by atoms with Crippen molar-refractivity contribution < 1.29 is 9.18 Å². The molecule has 0 heterocycles. The van der Waals surface area contributed by atoms with Gasteiger partial charge in [-0.2, -0.15) is 0 Å². The van der Waals surface area contributed by atoms with E-state index in [0.717, 1.165) is 30.2 Å². The smallest absolute Gasteiger partial charge is 0.254 e. The van der Waals surface area contributed by atoms with Crippen molar-refractivity contribution in [1.82, 2.24) is 5.32 Å². The number of carbonyl (C=O) groups excluding carboxylic acids is 1. The molecule has 2 rings (SSSR count). The summed E-state index contributed by atoms with van der Waals surface area (Å²) in [4.78, 5) is 12.0. The third-order valence-electron chi connectivity index (χ3n) is 3.31. The highest BCUT2D eigenvalue weighted by atomic mass is 79.9. The summed E-state index contributed by atoms with van der Waals surface area (Å²) >= 11 is 3.41. The molecule has 92 valence electrons. The molecule has 0 aromatic heterocycles. The third kappa shape index (κ3) is 2.51. The molecule has 1 saturated carbocycles. The number of halogens is 2. The highest BCUT2D eigenvalue weighted by molar-refractivity contribution is 9.09. The summed E-state index contributed by atoms with van der Waals surface area (Å²) in [6, 6.07) is 4.59. The lowest BCUT2D eigenvalue weighted by Gasteiger charge is -2.41. The minimum atomic E-state index is -0.461. The Balaban J connectivity index is 2.17. The van der Waals surface area contributed by atoms with Crippen molar-refractivity contribution in [3.05, 3.63) is 35.1 Å². The Labute approximate surface area is 109 Å². The molecule has 1 aromatic rings. The maximum atomic E-state index is 13.5. The van der Waals surface area contributed by atoms with Gasteiger partial charge in [0, 0.05) is 5.33 Å². The van der Waals surface area contributed by atoms with E-state index in [2.05, 4.69) is 21.2 Å². The van der Waals surface area contributed by atoms with Gasteiger partial charge in [-0.1, -0.05) is 27.6 Å². The fourth-order valence-corrected chi connectivity index (χ4v) is 2.72. The number of hydrogen-bond donors (Lipinski definition) is 1. The van der Waals surface area contributed by atoms with Gasteiger partial charge >= 0.3 is 0 Å². The van der Waals surface area contributed by atoms with Gasteiger partial charge in [-0.3, -0.25) is 4.79 Å². The van der Waals surface area contributed by atoms with Gasteiger partial charge in [-0.15, -0.1) is 0 Å². The van der Waals surface area contributed by atoms with E-state index in [0.29, 0.717) is 0 Å². The average molecular weight is 300 g/mol. The van der Waals surface area contributed by atoms with Crippen LogP contribution in [0.4, 0.5) is 4.39 Å². The lowest BCUT2D eigenvalue weighted by Crippen LogP contribution is -2.55. The molecule has 17 heavy (non-hydrogen) atoms. The van der Waals surface area contributed by atoms with Crippen molar-refractivity contribution >= 4 is 21.8 Å². The molecule has 1 amide bonds. The van der Waals surface area contributed by atoms with Crippen molar-refractivity contribution in [2.45, 2.75) is 31.7 Å². The topological polar surface area (TPSA) is 29.1 Å². The first-order chi connectivity index (χ1) is 8.06. The van der Waals surface area contributed by atoms with Crippen molar-refractivity contribution in [3.63, 3.8) is 0 Å². The molecule has 0 spiro atoms. The standard InChI is InChI=1S/C13H15BrFNO/c1-9-3-4-11(15)10(7-9)12(17)16-13(8-14)5-2-6-13/h3-4,7H,2,5-6,8H2,1H3,(H,16,17). The van der Waals surface area contributed by atoms with Crippen LogP contribution in [0.3, 0.4) is 0 Å². The zero-order valence-electron chi connectivity index (χ0n) is 9.72. The Kier molecular flexibility index (Phi) is 3.52. The second-order valence-electron chi connectivity index (χ2n) is 4.70. The second kappa shape index (κ2) is 4.77. The molecule has 0 atom stereocenters. The number of benzene rings is 1. The van der Waals surface area contributed by atoms with Gasteiger partial charge in [-0.25, -0.2) is 4.39 Å². The van der Waals surface area contributed by atoms with Crippen LogP contribution < -0.4 is 5.32 Å². The van der Waals surface area contributed by atoms with Crippen LogP contribution in [0.25, 0.3) is 0 Å². The Morgan fingerprint density at radius 1 is 1.53 bits per heavy atom. The summed E-state index contributed by atoms with van der Waals surface area (Å²) < 4.78 is 13.5. The van der Waals surface area contributed by atoms with E-state index in [1.165, 1.54) is 6.07 Å². The van der Waals surface area contributed by atoms with E-state index in [-0.39, 0.29) is 17.0 Å². The summed E-state index contributed by atoms with van der Waals surface area (Å²) in [6.07, 6.45) is 3.02. The molecule has 4 heteroatoms. The predicted octanol–water partition coefficient (Wildman–Crippen LogP) is 3.18. The Morgan fingerprint density at radius 3 is 2.76 bits per heavy atom. The van der Waals surface area contributed by atoms with Crippen LogP contribution in [0.1, 0.15) is 35.2 Å². The van der Waals surface area contributed by atoms with Gasteiger partial charge in [0.15, 0.2) is 0 Å². The van der Waals surface area contributed by atoms with Crippen LogP contribution in [0.15, 0.2) is 18.2 Å². The van der Waals surface area contributed by atoms with Crippen molar-refractivity contribution in [3.8, 4) is 0 Å². The van der Waals surface area contributed by atoms with Gasteiger partial charge in [0.05, 0.1) is 11.1 Å². The zero-order valence-corrected chi connectivity index (χ0v) is 11.3. The molecule has 1 aliphatic rings. The first kappa shape index (κ1) is 12.6. The fraction of sp³-hybridized carbons (Fsp3) is 0.462. The van der Waals surface area contributed by atoms with Gasteiger partial charge in [0.25, 0.3) is 5.91 Å². The summed E-state index contributed by atoms with van der Waals surface area (Å²) in [6.45, 7) is 1.85. The molecule has 2 nitrogen and oxygen atoms in total. The van der Waals surface area contributed by atoms with E-state index in [4.69, 9.17) is 0 Å². The lowest BCUT2D eigenvalue weighted by molar-refractivity contribution is 0.0852. The molecule has 0 saturated heterocycles. The summed E-state index contributed by atoms with van der Waals surface area (Å²) in [5.41, 5.74) is 0.850. The minimum absolute atomic E-state index is 0.136. The van der Waals surface area contributed by atoms with Crippen LogP contribution in [-0.2, 0) is 0 Å². The number of aryl methyl sites for hydroxylation is 1. The van der Waals surface area contributed by atoms with Gasteiger partial charge in [0.2, 0.25) is 0 Å². The van der Waals surface area contributed by atoms with Gasteiger partial charge in [-0.05, 0) is 38.3 Å². The fourth-order valence-electron chi connectivity index (χ4n) is 2.02. The molecule has 0 aliphatic heterocycles. The molecule has 0 unspecified atom stereocenters. The maximum Gasteiger partial charge on any atom is 0.254 e. The maximum absolute atomic E-state index is 13.5. The Bertz CT molecular complexity index is 438. The second-order valence-corrected chi connectivity index (χ2v) is 5.27. The lowest BCUT2D eigenvalue weighted by atomic mass is 9.78.